The van der Waals surface area contributed by atoms with Gasteiger partial charge in [0.1, 0.15) is 0 Å². The average Bonchev–Trinajstić information content (AvgIpc) is 4.27. The lowest BCUT2D eigenvalue weighted by atomic mass is 9.97. The van der Waals surface area contributed by atoms with Gasteiger partial charge in [0, 0.05) is 0 Å². The van der Waals surface area contributed by atoms with Crippen LogP contribution in [-0.2, 0) is 32.1 Å². The quantitative estimate of drug-likeness (QED) is 0.142. The summed E-state index contributed by atoms with van der Waals surface area (Å²) >= 11 is 0. The van der Waals surface area contributed by atoms with Crippen molar-refractivity contribution in [3.05, 3.63) is 293 Å². The van der Waals surface area contributed by atoms with Crippen LogP contribution in [0.4, 0.5) is 0 Å². The van der Waals surface area contributed by atoms with E-state index in [0.717, 1.165) is 32.1 Å². The second-order valence-corrected chi connectivity index (χ2v) is 22.0. The third kappa shape index (κ3) is 9.42. The predicted octanol–water partition coefficient (Wildman–Crippen LogP) is 19.4. The van der Waals surface area contributed by atoms with Crippen molar-refractivity contribution >= 4 is 0 Å². The molecule has 0 amide bonds. The Bertz CT molecular complexity index is 3630. The zero-order valence-electron chi connectivity index (χ0n) is 45.9. The lowest BCUT2D eigenvalue weighted by Gasteiger charge is -2.08. The molecule has 0 radical (unpaired) electrons. The summed E-state index contributed by atoms with van der Waals surface area (Å²) in [7, 11) is 0. The summed E-state index contributed by atoms with van der Waals surface area (Å²) in [5.74, 6) is 0. The minimum atomic E-state index is 1.10. The van der Waals surface area contributed by atoms with Crippen molar-refractivity contribution in [3.63, 3.8) is 0 Å². The largest absolute Gasteiger partial charge is 0.0619 e. The van der Waals surface area contributed by atoms with Gasteiger partial charge in [0.15, 0.2) is 0 Å². The van der Waals surface area contributed by atoms with Gasteiger partial charge in [0.2, 0.25) is 0 Å². The number of aryl methyl sites for hydroxylation is 7. The maximum atomic E-state index is 2.34. The van der Waals surface area contributed by atoms with Crippen LogP contribution >= 0.6 is 0 Å². The highest BCUT2D eigenvalue weighted by Gasteiger charge is 2.23. The molecule has 0 saturated carbocycles. The van der Waals surface area contributed by atoms with E-state index < -0.39 is 0 Å². The Labute approximate surface area is 447 Å². The van der Waals surface area contributed by atoms with Crippen molar-refractivity contribution in [3.8, 4) is 55.6 Å². The molecule has 0 heteroatoms. The van der Waals surface area contributed by atoms with E-state index in [1.165, 1.54) is 167 Å². The standard InChI is InChI=1S/5C15H14/c2*1-10-7-13-9-12-5-3-4-6-14(12)15(13)8-11(10)2;1-10-7-8-13-9-12-5-3-4-6-14(12)15(13)11(10)2;2*1-10-7-8-14-13-6-4-3-5-12(13)9-15(14)11(10)2/h5*3-8H,9H2,1-2H3. The molecule has 0 saturated heterocycles. The van der Waals surface area contributed by atoms with Gasteiger partial charge in [-0.15, -0.1) is 0 Å². The Morgan fingerprint density at radius 1 is 0.200 bits per heavy atom. The molecule has 0 aromatic heterocycles. The molecule has 75 heavy (non-hydrogen) atoms. The van der Waals surface area contributed by atoms with E-state index >= 15 is 0 Å². The van der Waals surface area contributed by atoms with Crippen molar-refractivity contribution < 1.29 is 0 Å². The molecule has 0 N–H and O–H groups in total. The average molecular weight is 971 g/mol. The van der Waals surface area contributed by atoms with E-state index in [0.29, 0.717) is 0 Å². The van der Waals surface area contributed by atoms with Gasteiger partial charge in [-0.1, -0.05) is 182 Å². The Morgan fingerprint density at radius 3 is 0.933 bits per heavy atom. The molecule has 0 unspecified atom stereocenters. The third-order valence-electron chi connectivity index (χ3n) is 17.4. The van der Waals surface area contributed by atoms with Crippen molar-refractivity contribution in [1.82, 2.24) is 0 Å². The molecule has 0 spiro atoms. The van der Waals surface area contributed by atoms with E-state index in [1.54, 1.807) is 0 Å². The Hall–Kier alpha value is -7.80. The van der Waals surface area contributed by atoms with Gasteiger partial charge in [-0.3, -0.25) is 0 Å². The normalized spacial score (nSPS) is 12.4. The highest BCUT2D eigenvalue weighted by molar-refractivity contribution is 5.82. The molecular formula is C75H70. The maximum Gasteiger partial charge on any atom is -0.00107 e. The molecule has 370 valence electrons. The smallest absolute Gasteiger partial charge is 0.00107 e. The van der Waals surface area contributed by atoms with Crippen molar-refractivity contribution in [2.75, 3.05) is 0 Å². The van der Waals surface area contributed by atoms with Crippen LogP contribution in [0.1, 0.15) is 111 Å². The van der Waals surface area contributed by atoms with Crippen molar-refractivity contribution in [2.24, 2.45) is 0 Å². The fourth-order valence-electron chi connectivity index (χ4n) is 12.3. The molecule has 0 atom stereocenters. The molecule has 10 aromatic carbocycles. The Balaban J connectivity index is 0.000000100. The van der Waals surface area contributed by atoms with Gasteiger partial charge < -0.3 is 0 Å². The maximum absolute atomic E-state index is 2.34. The first-order chi connectivity index (χ1) is 36.3. The summed E-state index contributed by atoms with van der Waals surface area (Å²) < 4.78 is 0. The van der Waals surface area contributed by atoms with Gasteiger partial charge in [0.25, 0.3) is 0 Å². The van der Waals surface area contributed by atoms with Crippen molar-refractivity contribution in [2.45, 2.75) is 101 Å². The van der Waals surface area contributed by atoms with E-state index in [9.17, 15) is 0 Å². The molecule has 0 fully saturated rings. The zero-order chi connectivity index (χ0) is 52.1. The number of hydrogen-bond acceptors (Lipinski definition) is 0. The number of benzene rings is 10. The topological polar surface area (TPSA) is 0 Å². The molecule has 0 heterocycles. The lowest BCUT2D eigenvalue weighted by Crippen LogP contribution is -1.89. The number of rotatable bonds is 0. The highest BCUT2D eigenvalue weighted by Crippen LogP contribution is 2.43. The molecule has 5 aliphatic rings. The fourth-order valence-corrected chi connectivity index (χ4v) is 12.3. The minimum Gasteiger partial charge on any atom is -0.0619 e. The van der Waals surface area contributed by atoms with E-state index in [-0.39, 0.29) is 0 Å². The highest BCUT2D eigenvalue weighted by atomic mass is 14.3. The van der Waals surface area contributed by atoms with E-state index in [2.05, 4.69) is 251 Å². The summed E-state index contributed by atoms with van der Waals surface area (Å²) in [6.45, 7) is 22.0. The minimum absolute atomic E-state index is 1.10. The van der Waals surface area contributed by atoms with Gasteiger partial charge in [-0.2, -0.15) is 0 Å². The number of hydrogen-bond donors (Lipinski definition) is 0. The third-order valence-corrected chi connectivity index (χ3v) is 17.4. The van der Waals surface area contributed by atoms with Crippen LogP contribution in [0, 0.1) is 69.2 Å². The molecule has 0 aliphatic heterocycles. The van der Waals surface area contributed by atoms with Gasteiger partial charge in [-0.05, 0) is 268 Å². The molecule has 5 aliphatic carbocycles. The molecule has 15 rings (SSSR count). The SMILES string of the molecule is Cc1cc2c(cc1C)-c1ccccc1C2.Cc1cc2c(cc1C)-c1ccccc1C2.Cc1ccc2c(c1C)-c1ccccc1C2.Cc1ccc2c(c1C)Cc1ccccc1-2.Cc1ccc2c(c1C)Cc1ccccc1-2. The van der Waals surface area contributed by atoms with Crippen LogP contribution in [0.3, 0.4) is 0 Å². The Kier molecular flexibility index (Phi) is 13.5. The lowest BCUT2D eigenvalue weighted by molar-refractivity contribution is 1.19. The Morgan fingerprint density at radius 2 is 0.507 bits per heavy atom. The van der Waals surface area contributed by atoms with Crippen LogP contribution in [0.25, 0.3) is 55.6 Å². The van der Waals surface area contributed by atoms with Crippen molar-refractivity contribution in [1.29, 1.82) is 0 Å². The summed E-state index contributed by atoms with van der Waals surface area (Å²) in [5.41, 5.74) is 43.4. The van der Waals surface area contributed by atoms with E-state index in [4.69, 9.17) is 0 Å². The number of fused-ring (bicyclic) bond motifs is 15. The van der Waals surface area contributed by atoms with Gasteiger partial charge in [0.05, 0.1) is 0 Å². The summed E-state index contributed by atoms with van der Waals surface area (Å²) in [6.07, 6.45) is 5.53. The van der Waals surface area contributed by atoms with Crippen LogP contribution in [0.2, 0.25) is 0 Å². The molecule has 0 nitrogen and oxygen atoms in total. The van der Waals surface area contributed by atoms with Crippen LogP contribution in [0.5, 0.6) is 0 Å². The summed E-state index contributed by atoms with van der Waals surface area (Å²) in [4.78, 5) is 0. The van der Waals surface area contributed by atoms with Gasteiger partial charge >= 0.3 is 0 Å². The molecule has 0 bridgehead atoms. The first kappa shape index (κ1) is 49.4. The van der Waals surface area contributed by atoms with Gasteiger partial charge in [-0.25, -0.2) is 0 Å². The van der Waals surface area contributed by atoms with E-state index in [1.807, 2.05) is 0 Å². The molecular weight excluding hydrogens is 901 g/mol. The molecule has 10 aromatic rings. The predicted molar refractivity (Wildman–Crippen MR) is 321 cm³/mol. The monoisotopic (exact) mass is 971 g/mol. The summed E-state index contributed by atoms with van der Waals surface area (Å²) in [6, 6.07) is 66.5. The first-order valence-corrected chi connectivity index (χ1v) is 27.2. The summed E-state index contributed by atoms with van der Waals surface area (Å²) in [5, 5.41) is 0. The fraction of sp³-hybridized carbons (Fsp3) is 0.200. The zero-order valence-corrected chi connectivity index (χ0v) is 45.9. The van der Waals surface area contributed by atoms with Crippen LogP contribution in [0.15, 0.2) is 182 Å². The second-order valence-electron chi connectivity index (χ2n) is 22.0. The van der Waals surface area contributed by atoms with Crippen LogP contribution in [-0.4, -0.2) is 0 Å². The second kappa shape index (κ2) is 20.5. The first-order valence-electron chi connectivity index (χ1n) is 27.2. The van der Waals surface area contributed by atoms with Crippen LogP contribution < -0.4 is 0 Å².